The van der Waals surface area contributed by atoms with E-state index in [1.165, 1.54) is 16.9 Å². The number of rotatable bonds is 2. The quantitative estimate of drug-likeness (QED) is 0.552. The third-order valence-corrected chi connectivity index (χ3v) is 5.69. The molecule has 2 aliphatic heterocycles. The summed E-state index contributed by atoms with van der Waals surface area (Å²) < 4.78 is 4.78. The number of hydrogen-bond acceptors (Lipinski definition) is 5. The van der Waals surface area contributed by atoms with Crippen molar-refractivity contribution in [3.63, 3.8) is 0 Å². The van der Waals surface area contributed by atoms with Crippen molar-refractivity contribution < 1.29 is 29.0 Å². The SMILES string of the molecule is COC(=O)C12CC(N3C(=O)[C@@H]4CN(C(=O)O)CCN4C3=O)(C1)C2. The summed E-state index contributed by atoms with van der Waals surface area (Å²) in [6, 6.07) is -1.10. The van der Waals surface area contributed by atoms with Gasteiger partial charge in [0.05, 0.1) is 24.6 Å². The van der Waals surface area contributed by atoms with Crippen LogP contribution in [0.2, 0.25) is 0 Å². The van der Waals surface area contributed by atoms with Crippen LogP contribution >= 0.6 is 0 Å². The summed E-state index contributed by atoms with van der Waals surface area (Å²) in [6.45, 7) is 0.433. The number of ether oxygens (including phenoxy) is 1. The maximum Gasteiger partial charge on any atom is 0.407 e. The molecule has 23 heavy (non-hydrogen) atoms. The Labute approximate surface area is 131 Å². The van der Waals surface area contributed by atoms with Gasteiger partial charge in [0.15, 0.2) is 0 Å². The molecular formula is C14H17N3O6. The highest BCUT2D eigenvalue weighted by Gasteiger charge is 2.78. The van der Waals surface area contributed by atoms with Crippen LogP contribution in [-0.4, -0.2) is 82.1 Å². The summed E-state index contributed by atoms with van der Waals surface area (Å²) in [5.74, 6) is -0.632. The Kier molecular flexibility index (Phi) is 2.58. The molecule has 124 valence electrons. The van der Waals surface area contributed by atoms with Crippen LogP contribution in [-0.2, 0) is 14.3 Å². The fourth-order valence-electron chi connectivity index (χ4n) is 4.61. The predicted octanol–water partition coefficient (Wildman–Crippen LogP) is -0.291. The molecule has 0 aromatic rings. The second kappa shape index (κ2) is 4.15. The third kappa shape index (κ3) is 1.57. The van der Waals surface area contributed by atoms with Crippen LogP contribution in [0, 0.1) is 5.41 Å². The Morgan fingerprint density at radius 1 is 1.22 bits per heavy atom. The molecule has 3 aliphatic carbocycles. The number of amides is 4. The number of urea groups is 1. The van der Waals surface area contributed by atoms with Gasteiger partial charge >= 0.3 is 18.1 Å². The lowest BCUT2D eigenvalue weighted by molar-refractivity contribution is -0.222. The Morgan fingerprint density at radius 2 is 1.87 bits per heavy atom. The first-order valence-electron chi connectivity index (χ1n) is 7.55. The van der Waals surface area contributed by atoms with E-state index >= 15 is 0 Å². The Morgan fingerprint density at radius 3 is 2.43 bits per heavy atom. The Balaban J connectivity index is 1.53. The summed E-state index contributed by atoms with van der Waals surface area (Å²) in [5.41, 5.74) is -1.11. The van der Waals surface area contributed by atoms with Crippen LogP contribution < -0.4 is 0 Å². The number of nitrogens with zero attached hydrogens (tertiary/aromatic N) is 3. The summed E-state index contributed by atoms with van der Waals surface area (Å²) in [7, 11) is 1.34. The van der Waals surface area contributed by atoms with E-state index in [9.17, 15) is 19.2 Å². The van der Waals surface area contributed by atoms with E-state index in [1.54, 1.807) is 0 Å². The molecule has 0 unspecified atom stereocenters. The third-order valence-electron chi connectivity index (χ3n) is 5.69. The molecule has 0 aromatic carbocycles. The summed E-state index contributed by atoms with van der Waals surface area (Å²) >= 11 is 0. The van der Waals surface area contributed by atoms with Crippen LogP contribution in [0.25, 0.3) is 0 Å². The maximum absolute atomic E-state index is 12.7. The zero-order valence-corrected chi connectivity index (χ0v) is 12.7. The number of esters is 1. The summed E-state index contributed by atoms with van der Waals surface area (Å²) in [4.78, 5) is 52.0. The molecule has 2 bridgehead atoms. The number of piperazine rings is 1. The number of methoxy groups -OCH3 is 1. The van der Waals surface area contributed by atoms with Gasteiger partial charge in [0.25, 0.3) is 5.91 Å². The largest absolute Gasteiger partial charge is 0.469 e. The lowest BCUT2D eigenvalue weighted by Gasteiger charge is -2.70. The predicted molar refractivity (Wildman–Crippen MR) is 73.4 cm³/mol. The standard InChI is InChI=1S/C14H17N3O6/c1-23-10(19)13-5-14(6-13,7-13)17-9(18)8-4-15(12(21)22)2-3-16(8)11(17)20/h8H,2-7H2,1H3,(H,21,22)/t8-,13?,14?/m0/s1. The van der Waals surface area contributed by atoms with E-state index in [0.29, 0.717) is 19.3 Å². The fourth-order valence-corrected chi connectivity index (χ4v) is 4.61. The average molecular weight is 323 g/mol. The molecule has 5 rings (SSSR count). The average Bonchev–Trinajstić information content (AvgIpc) is 2.69. The number of hydrogen-bond donors (Lipinski definition) is 1. The molecular weight excluding hydrogens is 306 g/mol. The van der Waals surface area contributed by atoms with Gasteiger partial charge in [-0.15, -0.1) is 0 Å². The highest BCUT2D eigenvalue weighted by Crippen LogP contribution is 2.71. The van der Waals surface area contributed by atoms with Crippen LogP contribution in [0.5, 0.6) is 0 Å². The van der Waals surface area contributed by atoms with E-state index in [1.807, 2.05) is 0 Å². The van der Waals surface area contributed by atoms with Gasteiger partial charge in [-0.3, -0.25) is 14.5 Å². The number of carbonyl (C=O) groups is 4. The molecule has 4 amide bonds. The number of imide groups is 1. The normalized spacial score (nSPS) is 38.0. The molecule has 5 fully saturated rings. The minimum Gasteiger partial charge on any atom is -0.469 e. The van der Waals surface area contributed by atoms with Crippen LogP contribution in [0.4, 0.5) is 9.59 Å². The van der Waals surface area contributed by atoms with Gasteiger partial charge in [-0.2, -0.15) is 0 Å². The second-order valence-electron chi connectivity index (χ2n) is 6.92. The molecule has 3 saturated carbocycles. The number of carboxylic acid groups (broad SMARTS) is 1. The second-order valence-corrected chi connectivity index (χ2v) is 6.92. The topological polar surface area (TPSA) is 107 Å². The van der Waals surface area contributed by atoms with Gasteiger partial charge in [0, 0.05) is 13.1 Å². The first kappa shape index (κ1) is 14.3. The fraction of sp³-hybridized carbons (Fsp3) is 0.714. The highest BCUT2D eigenvalue weighted by atomic mass is 16.5. The van der Waals surface area contributed by atoms with E-state index in [2.05, 4.69) is 0 Å². The van der Waals surface area contributed by atoms with Gasteiger partial charge in [-0.05, 0) is 19.3 Å². The van der Waals surface area contributed by atoms with E-state index in [0.717, 1.165) is 4.90 Å². The van der Waals surface area contributed by atoms with Gasteiger partial charge in [-0.25, -0.2) is 9.59 Å². The van der Waals surface area contributed by atoms with Crippen molar-refractivity contribution >= 4 is 24.0 Å². The zero-order valence-electron chi connectivity index (χ0n) is 12.7. The Hall–Kier alpha value is -2.32. The molecule has 9 nitrogen and oxygen atoms in total. The molecule has 1 N–H and O–H groups in total. The number of fused-ring (bicyclic) bond motifs is 1. The lowest BCUT2D eigenvalue weighted by atomic mass is 9.38. The van der Waals surface area contributed by atoms with Crippen molar-refractivity contribution in [2.24, 2.45) is 5.41 Å². The van der Waals surface area contributed by atoms with Crippen molar-refractivity contribution in [1.29, 1.82) is 0 Å². The number of carbonyl (C=O) groups excluding carboxylic acids is 3. The Bertz CT molecular complexity index is 627. The van der Waals surface area contributed by atoms with Crippen molar-refractivity contribution in [3.05, 3.63) is 0 Å². The lowest BCUT2D eigenvalue weighted by Crippen LogP contribution is -2.78. The van der Waals surface area contributed by atoms with E-state index in [4.69, 9.17) is 9.84 Å². The van der Waals surface area contributed by atoms with E-state index < -0.39 is 23.1 Å². The molecule has 0 spiro atoms. The maximum atomic E-state index is 12.7. The smallest absolute Gasteiger partial charge is 0.407 e. The molecule has 0 aromatic heterocycles. The molecule has 5 aliphatic rings. The first-order chi connectivity index (χ1) is 10.8. The highest BCUT2D eigenvalue weighted by molar-refractivity contribution is 6.06. The monoisotopic (exact) mass is 323 g/mol. The molecule has 2 heterocycles. The minimum atomic E-state index is -1.08. The zero-order chi connectivity index (χ0) is 16.6. The van der Waals surface area contributed by atoms with Crippen molar-refractivity contribution in [1.82, 2.24) is 14.7 Å². The van der Waals surface area contributed by atoms with Crippen LogP contribution in [0.1, 0.15) is 19.3 Å². The van der Waals surface area contributed by atoms with Gasteiger partial charge in [0.1, 0.15) is 6.04 Å². The molecule has 1 atom stereocenters. The molecule has 9 heteroatoms. The summed E-state index contributed by atoms with van der Waals surface area (Å²) in [6.07, 6.45) is 0.271. The van der Waals surface area contributed by atoms with Crippen LogP contribution in [0.15, 0.2) is 0 Å². The van der Waals surface area contributed by atoms with Gasteiger partial charge < -0.3 is 19.6 Å². The van der Waals surface area contributed by atoms with E-state index in [-0.39, 0.29) is 37.5 Å². The van der Waals surface area contributed by atoms with Gasteiger partial charge in [-0.1, -0.05) is 0 Å². The minimum absolute atomic E-state index is 0.00856. The van der Waals surface area contributed by atoms with Crippen LogP contribution in [0.3, 0.4) is 0 Å². The van der Waals surface area contributed by atoms with Crippen molar-refractivity contribution in [2.75, 3.05) is 26.7 Å². The summed E-state index contributed by atoms with van der Waals surface area (Å²) in [5, 5.41) is 9.07. The molecule has 0 radical (unpaired) electrons. The molecule has 2 saturated heterocycles. The van der Waals surface area contributed by atoms with Gasteiger partial charge in [0.2, 0.25) is 0 Å². The first-order valence-corrected chi connectivity index (χ1v) is 7.55. The van der Waals surface area contributed by atoms with Crippen molar-refractivity contribution in [3.8, 4) is 0 Å². The van der Waals surface area contributed by atoms with Crippen molar-refractivity contribution in [2.45, 2.75) is 30.8 Å².